The lowest BCUT2D eigenvalue weighted by Gasteiger charge is -2.26. The maximum absolute atomic E-state index is 11.4. The van der Waals surface area contributed by atoms with Crippen LogP contribution in [0.1, 0.15) is 37.0 Å². The minimum Gasteiger partial charge on any atom is -0.459 e. The zero-order valence-electron chi connectivity index (χ0n) is 11.2. The standard InChI is InChI=1S/C15H20O3/c1-10-5-4-6-11(9-16)13(10)7-12-8-14(17)18-15(12,2)3/h4-6,12,16H,7-9H2,1-3H3/t12-/m1/s1. The van der Waals surface area contributed by atoms with Crippen molar-refractivity contribution < 1.29 is 14.6 Å². The van der Waals surface area contributed by atoms with E-state index in [2.05, 4.69) is 0 Å². The number of hydrogen-bond donors (Lipinski definition) is 1. The summed E-state index contributed by atoms with van der Waals surface area (Å²) >= 11 is 0. The summed E-state index contributed by atoms with van der Waals surface area (Å²) in [6.07, 6.45) is 1.24. The Labute approximate surface area is 108 Å². The lowest BCUT2D eigenvalue weighted by molar-refractivity contribution is -0.146. The van der Waals surface area contributed by atoms with E-state index in [-0.39, 0.29) is 18.5 Å². The summed E-state index contributed by atoms with van der Waals surface area (Å²) in [6, 6.07) is 5.93. The van der Waals surface area contributed by atoms with Crippen molar-refractivity contribution >= 4 is 5.97 Å². The maximum atomic E-state index is 11.4. The summed E-state index contributed by atoms with van der Waals surface area (Å²) in [6.45, 7) is 6.00. The highest BCUT2D eigenvalue weighted by Gasteiger charge is 2.41. The number of benzene rings is 1. The second-order valence-corrected chi connectivity index (χ2v) is 5.55. The molecule has 0 aliphatic carbocycles. The van der Waals surface area contributed by atoms with Crippen molar-refractivity contribution in [3.63, 3.8) is 0 Å². The zero-order valence-corrected chi connectivity index (χ0v) is 11.2. The third-order valence-electron chi connectivity index (χ3n) is 3.90. The van der Waals surface area contributed by atoms with Crippen LogP contribution in [-0.4, -0.2) is 16.7 Å². The van der Waals surface area contributed by atoms with Gasteiger partial charge in [-0.05, 0) is 43.9 Å². The quantitative estimate of drug-likeness (QED) is 0.835. The molecule has 1 aliphatic heterocycles. The molecule has 1 aromatic rings. The number of rotatable bonds is 3. The molecular weight excluding hydrogens is 228 g/mol. The van der Waals surface area contributed by atoms with E-state index >= 15 is 0 Å². The Hall–Kier alpha value is -1.35. The maximum Gasteiger partial charge on any atom is 0.306 e. The second-order valence-electron chi connectivity index (χ2n) is 5.55. The summed E-state index contributed by atoms with van der Waals surface area (Å²) in [7, 11) is 0. The number of hydrogen-bond acceptors (Lipinski definition) is 3. The van der Waals surface area contributed by atoms with Crippen molar-refractivity contribution in [3.8, 4) is 0 Å². The number of aliphatic hydroxyl groups is 1. The normalized spacial score (nSPS) is 22.0. The Morgan fingerprint density at radius 3 is 2.72 bits per heavy atom. The number of carbonyl (C=O) groups excluding carboxylic acids is 1. The average Bonchev–Trinajstić information content (AvgIpc) is 2.54. The van der Waals surface area contributed by atoms with Gasteiger partial charge >= 0.3 is 5.97 Å². The summed E-state index contributed by atoms with van der Waals surface area (Å²) in [4.78, 5) is 11.4. The molecule has 0 saturated carbocycles. The Balaban J connectivity index is 2.27. The molecule has 3 heteroatoms. The van der Waals surface area contributed by atoms with Crippen molar-refractivity contribution in [3.05, 3.63) is 34.9 Å². The van der Waals surface area contributed by atoms with Crippen molar-refractivity contribution in [1.82, 2.24) is 0 Å². The van der Waals surface area contributed by atoms with Gasteiger partial charge in [-0.1, -0.05) is 18.2 Å². The number of carbonyl (C=O) groups is 1. The molecule has 1 atom stereocenters. The van der Waals surface area contributed by atoms with Crippen LogP contribution in [0.15, 0.2) is 18.2 Å². The molecule has 0 spiro atoms. The fraction of sp³-hybridized carbons (Fsp3) is 0.533. The molecule has 98 valence electrons. The van der Waals surface area contributed by atoms with E-state index in [4.69, 9.17) is 4.74 Å². The third-order valence-corrected chi connectivity index (χ3v) is 3.90. The van der Waals surface area contributed by atoms with Gasteiger partial charge in [0.25, 0.3) is 0 Å². The molecule has 1 fully saturated rings. The lowest BCUT2D eigenvalue weighted by Crippen LogP contribution is -2.29. The van der Waals surface area contributed by atoms with Crippen LogP contribution in [0.3, 0.4) is 0 Å². The van der Waals surface area contributed by atoms with Gasteiger partial charge < -0.3 is 9.84 Å². The highest BCUT2D eigenvalue weighted by atomic mass is 16.6. The highest BCUT2D eigenvalue weighted by Crippen LogP contribution is 2.36. The van der Waals surface area contributed by atoms with Crippen LogP contribution in [0.2, 0.25) is 0 Å². The van der Waals surface area contributed by atoms with Crippen LogP contribution < -0.4 is 0 Å². The second kappa shape index (κ2) is 4.73. The van der Waals surface area contributed by atoms with E-state index in [1.807, 2.05) is 39.0 Å². The number of aryl methyl sites for hydroxylation is 1. The van der Waals surface area contributed by atoms with Crippen LogP contribution in [-0.2, 0) is 22.6 Å². The first kappa shape index (κ1) is 13.1. The summed E-state index contributed by atoms with van der Waals surface area (Å²) in [5.41, 5.74) is 2.85. The van der Waals surface area contributed by atoms with E-state index in [1.165, 1.54) is 0 Å². The van der Waals surface area contributed by atoms with Gasteiger partial charge in [-0.15, -0.1) is 0 Å². The minimum atomic E-state index is -0.411. The molecule has 1 saturated heterocycles. The average molecular weight is 248 g/mol. The van der Waals surface area contributed by atoms with Gasteiger partial charge in [0.05, 0.1) is 13.0 Å². The van der Waals surface area contributed by atoms with E-state index in [0.717, 1.165) is 23.1 Å². The van der Waals surface area contributed by atoms with Gasteiger partial charge in [-0.2, -0.15) is 0 Å². The molecule has 0 amide bonds. The van der Waals surface area contributed by atoms with Crippen LogP contribution in [0.5, 0.6) is 0 Å². The predicted octanol–water partition coefficient (Wildman–Crippen LogP) is 2.37. The zero-order chi connectivity index (χ0) is 13.3. The van der Waals surface area contributed by atoms with Crippen molar-refractivity contribution in [2.24, 2.45) is 5.92 Å². The van der Waals surface area contributed by atoms with E-state index < -0.39 is 5.60 Å². The predicted molar refractivity (Wildman–Crippen MR) is 69.1 cm³/mol. The smallest absolute Gasteiger partial charge is 0.306 e. The van der Waals surface area contributed by atoms with Crippen LogP contribution >= 0.6 is 0 Å². The molecule has 0 aromatic heterocycles. The first-order chi connectivity index (χ1) is 8.44. The molecule has 0 unspecified atom stereocenters. The molecule has 18 heavy (non-hydrogen) atoms. The Morgan fingerprint density at radius 1 is 1.44 bits per heavy atom. The lowest BCUT2D eigenvalue weighted by atomic mass is 9.83. The first-order valence-electron chi connectivity index (χ1n) is 6.34. The number of ether oxygens (including phenoxy) is 1. The Morgan fingerprint density at radius 2 is 2.17 bits per heavy atom. The molecule has 2 rings (SSSR count). The van der Waals surface area contributed by atoms with Crippen LogP contribution in [0.25, 0.3) is 0 Å². The molecule has 1 aromatic carbocycles. The number of esters is 1. The Kier molecular flexibility index (Phi) is 3.44. The van der Waals surface area contributed by atoms with Gasteiger partial charge in [-0.3, -0.25) is 4.79 Å². The highest BCUT2D eigenvalue weighted by molar-refractivity contribution is 5.72. The summed E-state index contributed by atoms with van der Waals surface area (Å²) in [5.74, 6) is 0.0560. The van der Waals surface area contributed by atoms with Crippen LogP contribution in [0, 0.1) is 12.8 Å². The largest absolute Gasteiger partial charge is 0.459 e. The molecule has 0 bridgehead atoms. The molecule has 1 heterocycles. The minimum absolute atomic E-state index is 0.0406. The molecule has 1 aliphatic rings. The summed E-state index contributed by atoms with van der Waals surface area (Å²) < 4.78 is 5.35. The van der Waals surface area contributed by atoms with Gasteiger partial charge in [-0.25, -0.2) is 0 Å². The van der Waals surface area contributed by atoms with Gasteiger partial charge in [0.2, 0.25) is 0 Å². The summed E-state index contributed by atoms with van der Waals surface area (Å²) in [5, 5.41) is 9.40. The molecule has 3 nitrogen and oxygen atoms in total. The van der Waals surface area contributed by atoms with Gasteiger partial charge in [0.1, 0.15) is 5.60 Å². The SMILES string of the molecule is Cc1cccc(CO)c1C[C@@H]1CC(=O)OC1(C)C. The topological polar surface area (TPSA) is 46.5 Å². The number of cyclic esters (lactones) is 1. The molecule has 1 N–H and O–H groups in total. The first-order valence-corrected chi connectivity index (χ1v) is 6.34. The van der Waals surface area contributed by atoms with Gasteiger partial charge in [0, 0.05) is 5.92 Å². The van der Waals surface area contributed by atoms with Crippen LogP contribution in [0.4, 0.5) is 0 Å². The van der Waals surface area contributed by atoms with Crippen molar-refractivity contribution in [2.45, 2.75) is 45.8 Å². The van der Waals surface area contributed by atoms with E-state index in [0.29, 0.717) is 6.42 Å². The van der Waals surface area contributed by atoms with Crippen molar-refractivity contribution in [2.75, 3.05) is 0 Å². The fourth-order valence-corrected chi connectivity index (χ4v) is 2.63. The third kappa shape index (κ3) is 2.41. The molecular formula is C15H20O3. The number of aliphatic hydroxyl groups excluding tert-OH is 1. The van der Waals surface area contributed by atoms with E-state index in [1.54, 1.807) is 0 Å². The van der Waals surface area contributed by atoms with E-state index in [9.17, 15) is 9.90 Å². The van der Waals surface area contributed by atoms with Gasteiger partial charge in [0.15, 0.2) is 0 Å². The molecule has 0 radical (unpaired) electrons. The Bertz CT molecular complexity index is 463. The monoisotopic (exact) mass is 248 g/mol. The fourth-order valence-electron chi connectivity index (χ4n) is 2.63. The van der Waals surface area contributed by atoms with Crippen molar-refractivity contribution in [1.29, 1.82) is 0 Å².